The summed E-state index contributed by atoms with van der Waals surface area (Å²) in [6.45, 7) is 5.30. The Bertz CT molecular complexity index is 817. The van der Waals surface area contributed by atoms with Crippen LogP contribution in [0.4, 0.5) is 0 Å². The van der Waals surface area contributed by atoms with E-state index in [0.29, 0.717) is 18.8 Å². The van der Waals surface area contributed by atoms with Gasteiger partial charge in [-0.3, -0.25) is 9.89 Å². The molecule has 120 valence electrons. The second-order valence-electron chi connectivity index (χ2n) is 5.58. The first-order chi connectivity index (χ1) is 11.2. The van der Waals surface area contributed by atoms with Gasteiger partial charge in [-0.2, -0.15) is 5.10 Å². The summed E-state index contributed by atoms with van der Waals surface area (Å²) in [4.78, 5) is 16.6. The first kappa shape index (κ1) is 15.3. The van der Waals surface area contributed by atoms with Gasteiger partial charge in [-0.05, 0) is 31.5 Å². The molecular weight excluding hydrogens is 290 g/mol. The highest BCUT2D eigenvalue weighted by molar-refractivity contribution is 5.92. The number of amides is 1. The number of carbonyl (C=O) groups excluding carboxylic acids is 1. The summed E-state index contributed by atoms with van der Waals surface area (Å²) in [5, 5.41) is 9.88. The Labute approximate surface area is 134 Å². The van der Waals surface area contributed by atoms with E-state index in [1.165, 1.54) is 0 Å². The highest BCUT2D eigenvalue weighted by atomic mass is 16.1. The van der Waals surface area contributed by atoms with Gasteiger partial charge in [0, 0.05) is 18.8 Å². The second kappa shape index (κ2) is 6.64. The van der Waals surface area contributed by atoms with Gasteiger partial charge in [-0.15, -0.1) is 0 Å². The molecule has 1 amide bonds. The molecule has 0 bridgehead atoms. The van der Waals surface area contributed by atoms with Crippen molar-refractivity contribution in [3.8, 4) is 0 Å². The van der Waals surface area contributed by atoms with Gasteiger partial charge in [0.15, 0.2) is 0 Å². The third kappa shape index (κ3) is 3.26. The maximum atomic E-state index is 12.1. The Morgan fingerprint density at radius 2 is 2.17 bits per heavy atom. The number of hydrogen-bond acceptors (Lipinski definition) is 3. The molecule has 23 heavy (non-hydrogen) atoms. The number of imidazole rings is 1. The molecule has 6 nitrogen and oxygen atoms in total. The topological polar surface area (TPSA) is 75.6 Å². The minimum absolute atomic E-state index is 0.148. The van der Waals surface area contributed by atoms with Gasteiger partial charge < -0.3 is 9.88 Å². The minimum atomic E-state index is -0.148. The molecule has 0 saturated heterocycles. The lowest BCUT2D eigenvalue weighted by atomic mass is 10.2. The van der Waals surface area contributed by atoms with Crippen LogP contribution in [-0.2, 0) is 13.0 Å². The second-order valence-corrected chi connectivity index (χ2v) is 5.58. The van der Waals surface area contributed by atoms with E-state index in [2.05, 4.69) is 32.0 Å². The Morgan fingerprint density at radius 3 is 3.00 bits per heavy atom. The van der Waals surface area contributed by atoms with E-state index in [0.717, 1.165) is 35.4 Å². The first-order valence-corrected chi connectivity index (χ1v) is 7.93. The quantitative estimate of drug-likeness (QED) is 0.734. The average Bonchev–Trinajstić information content (AvgIpc) is 3.13. The zero-order chi connectivity index (χ0) is 16.2. The van der Waals surface area contributed by atoms with E-state index < -0.39 is 0 Å². The molecule has 2 N–H and O–H groups in total. The lowest BCUT2D eigenvalue weighted by Gasteiger charge is -2.07. The van der Waals surface area contributed by atoms with Gasteiger partial charge in [0.1, 0.15) is 11.5 Å². The van der Waals surface area contributed by atoms with Gasteiger partial charge in [-0.25, -0.2) is 4.98 Å². The Balaban J connectivity index is 1.62. The highest BCUT2D eigenvalue weighted by Crippen LogP contribution is 2.14. The van der Waals surface area contributed by atoms with Crippen LogP contribution >= 0.6 is 0 Å². The molecule has 2 aromatic heterocycles. The third-order valence-corrected chi connectivity index (χ3v) is 3.85. The van der Waals surface area contributed by atoms with Gasteiger partial charge in [0.05, 0.1) is 11.0 Å². The van der Waals surface area contributed by atoms with Crippen LogP contribution < -0.4 is 5.32 Å². The number of aromatic nitrogens is 4. The molecule has 6 heteroatoms. The van der Waals surface area contributed by atoms with Crippen molar-refractivity contribution >= 4 is 16.9 Å². The zero-order valence-electron chi connectivity index (χ0n) is 13.5. The normalized spacial score (nSPS) is 11.0. The average molecular weight is 311 g/mol. The summed E-state index contributed by atoms with van der Waals surface area (Å²) in [5.41, 5.74) is 3.51. The molecule has 3 aromatic rings. The Kier molecular flexibility index (Phi) is 4.41. The zero-order valence-corrected chi connectivity index (χ0v) is 13.5. The first-order valence-electron chi connectivity index (χ1n) is 7.93. The van der Waals surface area contributed by atoms with E-state index in [9.17, 15) is 4.79 Å². The molecule has 0 aliphatic carbocycles. The largest absolute Gasteiger partial charge is 0.349 e. The van der Waals surface area contributed by atoms with Crippen molar-refractivity contribution < 1.29 is 4.79 Å². The number of para-hydroxylation sites is 2. The molecule has 0 saturated carbocycles. The van der Waals surface area contributed by atoms with E-state index >= 15 is 0 Å². The summed E-state index contributed by atoms with van der Waals surface area (Å²) in [7, 11) is 0. The number of hydrogen-bond donors (Lipinski definition) is 2. The van der Waals surface area contributed by atoms with Crippen molar-refractivity contribution in [1.82, 2.24) is 25.1 Å². The van der Waals surface area contributed by atoms with Crippen LogP contribution in [0.3, 0.4) is 0 Å². The van der Waals surface area contributed by atoms with E-state index in [-0.39, 0.29) is 5.91 Å². The summed E-state index contributed by atoms with van der Waals surface area (Å²) < 4.78 is 2.11. The number of nitrogens with one attached hydrogen (secondary N) is 2. The third-order valence-electron chi connectivity index (χ3n) is 3.85. The molecule has 0 fully saturated rings. The highest BCUT2D eigenvalue weighted by Gasteiger charge is 2.11. The summed E-state index contributed by atoms with van der Waals surface area (Å²) in [6.07, 6.45) is 1.93. The van der Waals surface area contributed by atoms with Crippen LogP contribution in [0.2, 0.25) is 0 Å². The molecule has 0 atom stereocenters. The number of aromatic amines is 1. The monoisotopic (exact) mass is 311 g/mol. The molecule has 2 heterocycles. The fourth-order valence-corrected chi connectivity index (χ4v) is 2.73. The lowest BCUT2D eigenvalue weighted by molar-refractivity contribution is 0.0947. The summed E-state index contributed by atoms with van der Waals surface area (Å²) in [6, 6.07) is 9.83. The lowest BCUT2D eigenvalue weighted by Crippen LogP contribution is -2.27. The Hall–Kier alpha value is -2.63. The molecule has 1 aromatic carbocycles. The molecule has 0 radical (unpaired) electrons. The van der Waals surface area contributed by atoms with E-state index in [1.807, 2.05) is 37.3 Å². The van der Waals surface area contributed by atoms with Crippen LogP contribution in [0, 0.1) is 6.92 Å². The van der Waals surface area contributed by atoms with E-state index in [1.54, 1.807) is 0 Å². The van der Waals surface area contributed by atoms with Crippen LogP contribution in [0.15, 0.2) is 30.3 Å². The number of carbonyl (C=O) groups is 1. The standard InChI is InChI=1S/C17H21N5O/c1-3-6-13-11-15(21-20-13)17(23)18-9-10-22-12(2)19-14-7-4-5-8-16(14)22/h4-5,7-8,11H,3,6,9-10H2,1-2H3,(H,18,23)(H,20,21). The van der Waals surface area contributed by atoms with Crippen LogP contribution in [0.1, 0.15) is 35.4 Å². The minimum Gasteiger partial charge on any atom is -0.349 e. The molecule has 0 spiro atoms. The fourth-order valence-electron chi connectivity index (χ4n) is 2.73. The molecule has 3 rings (SSSR count). The molecule has 0 aliphatic rings. The van der Waals surface area contributed by atoms with Gasteiger partial charge in [0.2, 0.25) is 0 Å². The van der Waals surface area contributed by atoms with Gasteiger partial charge in [0.25, 0.3) is 5.91 Å². The van der Waals surface area contributed by atoms with Crippen molar-refractivity contribution in [2.24, 2.45) is 0 Å². The van der Waals surface area contributed by atoms with Crippen LogP contribution in [0.5, 0.6) is 0 Å². The smallest absolute Gasteiger partial charge is 0.271 e. The number of rotatable bonds is 6. The van der Waals surface area contributed by atoms with Crippen molar-refractivity contribution in [2.45, 2.75) is 33.2 Å². The van der Waals surface area contributed by atoms with Gasteiger partial charge >= 0.3 is 0 Å². The van der Waals surface area contributed by atoms with Crippen LogP contribution in [-0.4, -0.2) is 32.2 Å². The molecular formula is C17H21N5O. The molecule has 0 unspecified atom stereocenters. The van der Waals surface area contributed by atoms with Gasteiger partial charge in [-0.1, -0.05) is 25.5 Å². The maximum absolute atomic E-state index is 12.1. The predicted octanol–water partition coefficient (Wildman–Crippen LogP) is 2.45. The predicted molar refractivity (Wildman–Crippen MR) is 89.4 cm³/mol. The number of nitrogens with zero attached hydrogens (tertiary/aromatic N) is 3. The van der Waals surface area contributed by atoms with Crippen molar-refractivity contribution in [2.75, 3.05) is 6.54 Å². The van der Waals surface area contributed by atoms with Crippen molar-refractivity contribution in [3.63, 3.8) is 0 Å². The van der Waals surface area contributed by atoms with E-state index in [4.69, 9.17) is 0 Å². The number of aryl methyl sites for hydroxylation is 2. The Morgan fingerprint density at radius 1 is 1.35 bits per heavy atom. The summed E-state index contributed by atoms with van der Waals surface area (Å²) >= 11 is 0. The maximum Gasteiger partial charge on any atom is 0.271 e. The van der Waals surface area contributed by atoms with Crippen molar-refractivity contribution in [3.05, 3.63) is 47.5 Å². The van der Waals surface area contributed by atoms with Crippen LogP contribution in [0.25, 0.3) is 11.0 Å². The van der Waals surface area contributed by atoms with Crippen molar-refractivity contribution in [1.29, 1.82) is 0 Å². The number of H-pyrrole nitrogens is 1. The number of fused-ring (bicyclic) bond motifs is 1. The SMILES string of the molecule is CCCc1cc(C(=O)NCCn2c(C)nc3ccccc32)n[nH]1. The molecule has 0 aliphatic heterocycles. The fraction of sp³-hybridized carbons (Fsp3) is 0.353. The number of benzene rings is 1. The summed E-state index contributed by atoms with van der Waals surface area (Å²) in [5.74, 6) is 0.802.